The van der Waals surface area contributed by atoms with Gasteiger partial charge in [-0.3, -0.25) is 4.57 Å². The van der Waals surface area contributed by atoms with Crippen molar-refractivity contribution in [2.75, 3.05) is 0 Å². The molecule has 1 aliphatic rings. The van der Waals surface area contributed by atoms with E-state index < -0.39 is 0 Å². The van der Waals surface area contributed by atoms with Gasteiger partial charge in [-0.25, -0.2) is 4.99 Å². The molecule has 4 aromatic heterocycles. The van der Waals surface area contributed by atoms with Crippen molar-refractivity contribution in [1.82, 2.24) is 8.97 Å². The van der Waals surface area contributed by atoms with E-state index >= 15 is 0 Å². The molecule has 266 valence electrons. The number of aliphatic imine (C=N–C) groups is 1. The van der Waals surface area contributed by atoms with E-state index in [-0.39, 0.29) is 0 Å². The van der Waals surface area contributed by atoms with E-state index in [0.29, 0.717) is 0 Å². The number of para-hydroxylation sites is 2. The largest absolute Gasteiger partial charge is 0.307 e. The van der Waals surface area contributed by atoms with Crippen molar-refractivity contribution in [3.05, 3.63) is 192 Å². The molecule has 0 unspecified atom stereocenters. The molecule has 0 saturated heterocycles. The summed E-state index contributed by atoms with van der Waals surface area (Å²) >= 11 is 1.87. The molecule has 0 atom stereocenters. The Balaban J connectivity index is 1.14. The predicted molar refractivity (Wildman–Crippen MR) is 244 cm³/mol. The fourth-order valence-electron chi connectivity index (χ4n) is 9.89. The Labute approximate surface area is 332 Å². The zero-order chi connectivity index (χ0) is 37.2. The quantitative estimate of drug-likeness (QED) is 0.172. The summed E-state index contributed by atoms with van der Waals surface area (Å²) in [4.78, 5) is 7.08. The van der Waals surface area contributed by atoms with Crippen LogP contribution in [-0.2, 0) is 6.42 Å². The molecule has 57 heavy (non-hydrogen) atoms. The smallest absolute Gasteiger partial charge is 0.134 e. The summed E-state index contributed by atoms with van der Waals surface area (Å²) in [5.74, 6) is 0.971. The van der Waals surface area contributed by atoms with Crippen molar-refractivity contribution in [3.63, 3.8) is 0 Å². The molecule has 0 N–H and O–H groups in total. The third kappa shape index (κ3) is 4.33. The number of benzene rings is 8. The number of hydrogen-bond acceptors (Lipinski definition) is 2. The van der Waals surface area contributed by atoms with Crippen molar-refractivity contribution >= 4 is 104 Å². The van der Waals surface area contributed by atoms with Gasteiger partial charge in [-0.1, -0.05) is 146 Å². The minimum atomic E-state index is 0.893. The summed E-state index contributed by atoms with van der Waals surface area (Å²) in [7, 11) is 0. The van der Waals surface area contributed by atoms with Crippen molar-refractivity contribution in [3.8, 4) is 11.1 Å². The van der Waals surface area contributed by atoms with Gasteiger partial charge in [0.05, 0.1) is 38.2 Å². The first kappa shape index (κ1) is 31.2. The van der Waals surface area contributed by atoms with Crippen molar-refractivity contribution in [2.45, 2.75) is 12.8 Å². The summed E-state index contributed by atoms with van der Waals surface area (Å²) in [5, 5.41) is 11.6. The SMILES string of the molecule is C1=C(n2c3ccccc3c3c4c5ccc6ccccc6c5n5c6ccccc6c(cc32)c45)N=C(c2ccc(-c3ccccc3)cc2)c2sc3ccccc3c2CC1. The summed E-state index contributed by atoms with van der Waals surface area (Å²) < 4.78 is 6.31. The number of rotatable bonds is 3. The van der Waals surface area contributed by atoms with E-state index in [1.807, 2.05) is 11.3 Å². The number of aromatic nitrogens is 2. The highest BCUT2D eigenvalue weighted by Gasteiger charge is 2.27. The molecule has 0 aliphatic carbocycles. The normalized spacial score (nSPS) is 13.7. The first-order valence-electron chi connectivity index (χ1n) is 19.8. The molecular weight excluding hydrogens is 711 g/mol. The highest BCUT2D eigenvalue weighted by Crippen LogP contribution is 2.48. The third-order valence-corrected chi connectivity index (χ3v) is 13.6. The predicted octanol–water partition coefficient (Wildman–Crippen LogP) is 14.3. The molecule has 4 heteroatoms. The highest BCUT2D eigenvalue weighted by atomic mass is 32.1. The van der Waals surface area contributed by atoms with Crippen molar-refractivity contribution < 1.29 is 0 Å². The molecule has 0 saturated carbocycles. The maximum absolute atomic E-state index is 5.82. The minimum Gasteiger partial charge on any atom is -0.307 e. The van der Waals surface area contributed by atoms with Crippen LogP contribution in [0.5, 0.6) is 0 Å². The average Bonchev–Trinajstić information content (AvgIpc) is 4.00. The van der Waals surface area contributed by atoms with Gasteiger partial charge >= 0.3 is 0 Å². The molecule has 0 spiro atoms. The van der Waals surface area contributed by atoms with Crippen LogP contribution >= 0.6 is 11.3 Å². The number of aryl methyl sites for hydroxylation is 1. The highest BCUT2D eigenvalue weighted by molar-refractivity contribution is 7.21. The maximum atomic E-state index is 5.82. The van der Waals surface area contributed by atoms with Gasteiger partial charge < -0.3 is 4.40 Å². The molecule has 0 amide bonds. The van der Waals surface area contributed by atoms with Crippen LogP contribution in [0.15, 0.2) is 181 Å². The third-order valence-electron chi connectivity index (χ3n) is 12.3. The molecular formula is C53H33N3S. The summed E-state index contributed by atoms with van der Waals surface area (Å²) in [5.41, 5.74) is 12.1. The van der Waals surface area contributed by atoms with Crippen LogP contribution in [0.2, 0.25) is 0 Å². The van der Waals surface area contributed by atoms with Gasteiger partial charge in [-0.05, 0) is 70.6 Å². The summed E-state index contributed by atoms with van der Waals surface area (Å²) in [6.45, 7) is 0. The van der Waals surface area contributed by atoms with Crippen LogP contribution in [0.1, 0.15) is 22.4 Å². The van der Waals surface area contributed by atoms with E-state index in [2.05, 4.69) is 185 Å². The summed E-state index contributed by atoms with van der Waals surface area (Å²) in [6, 6.07) is 62.3. The van der Waals surface area contributed by atoms with Gasteiger partial charge in [0, 0.05) is 48.0 Å². The lowest BCUT2D eigenvalue weighted by Gasteiger charge is -2.16. The van der Waals surface area contributed by atoms with E-state index in [4.69, 9.17) is 4.99 Å². The Morgan fingerprint density at radius 1 is 0.474 bits per heavy atom. The first-order chi connectivity index (χ1) is 28.3. The molecule has 0 fully saturated rings. The number of hydrogen-bond donors (Lipinski definition) is 0. The Hall–Kier alpha value is -7.01. The lowest BCUT2D eigenvalue weighted by atomic mass is 9.97. The molecule has 8 aromatic carbocycles. The second-order valence-electron chi connectivity index (χ2n) is 15.3. The van der Waals surface area contributed by atoms with E-state index in [1.54, 1.807) is 0 Å². The van der Waals surface area contributed by atoms with E-state index in [9.17, 15) is 0 Å². The van der Waals surface area contributed by atoms with Crippen LogP contribution in [0.25, 0.3) is 97.7 Å². The van der Waals surface area contributed by atoms with Crippen LogP contribution in [0.3, 0.4) is 0 Å². The van der Waals surface area contributed by atoms with Gasteiger partial charge in [0.15, 0.2) is 0 Å². The number of thiophene rings is 1. The summed E-state index contributed by atoms with van der Waals surface area (Å²) in [6.07, 6.45) is 4.22. The molecule has 0 radical (unpaired) electrons. The Morgan fingerprint density at radius 2 is 1.16 bits per heavy atom. The molecule has 12 aromatic rings. The fourth-order valence-corrected chi connectivity index (χ4v) is 11.2. The molecule has 5 heterocycles. The van der Waals surface area contributed by atoms with Crippen LogP contribution in [-0.4, -0.2) is 14.7 Å². The second-order valence-corrected chi connectivity index (χ2v) is 16.4. The fraction of sp³-hybridized carbons (Fsp3) is 0.0377. The van der Waals surface area contributed by atoms with E-state index in [1.165, 1.54) is 102 Å². The first-order valence-corrected chi connectivity index (χ1v) is 20.6. The number of nitrogens with zero attached hydrogens (tertiary/aromatic N) is 3. The standard InChI is InChI=1S/C53H33N3S/c1-2-13-32(14-3-1)33-25-27-35(28-26-33)50-53-39(38-18-8-11-23-46(38)57-53)20-12-24-47(54-50)55-44-22-10-7-19-40(44)48-45(55)31-42-37-17-6-9-21-43(37)56-51-36-16-5-4-15-34(36)29-30-41(51)49(48)52(42)56/h1-11,13-19,21-31H,12,20H2. The van der Waals surface area contributed by atoms with Crippen LogP contribution in [0, 0.1) is 0 Å². The van der Waals surface area contributed by atoms with Gasteiger partial charge in [0.25, 0.3) is 0 Å². The topological polar surface area (TPSA) is 21.7 Å². The zero-order valence-corrected chi connectivity index (χ0v) is 31.7. The van der Waals surface area contributed by atoms with Crippen molar-refractivity contribution in [2.24, 2.45) is 4.99 Å². The lowest BCUT2D eigenvalue weighted by Crippen LogP contribution is -2.09. The number of allylic oxidation sites excluding steroid dienone is 1. The molecule has 13 rings (SSSR count). The van der Waals surface area contributed by atoms with E-state index in [0.717, 1.165) is 29.9 Å². The number of fused-ring (bicyclic) bond motifs is 15. The van der Waals surface area contributed by atoms with Gasteiger partial charge in [0.2, 0.25) is 0 Å². The van der Waals surface area contributed by atoms with Gasteiger partial charge in [-0.2, -0.15) is 0 Å². The molecule has 0 bridgehead atoms. The second kappa shape index (κ2) is 11.8. The lowest BCUT2D eigenvalue weighted by molar-refractivity contribution is 0.993. The Morgan fingerprint density at radius 3 is 2.02 bits per heavy atom. The monoisotopic (exact) mass is 743 g/mol. The minimum absolute atomic E-state index is 0.893. The van der Waals surface area contributed by atoms with Crippen LogP contribution < -0.4 is 0 Å². The Kier molecular flexibility index (Phi) is 6.44. The Bertz CT molecular complexity index is 3670. The van der Waals surface area contributed by atoms with Gasteiger partial charge in [-0.15, -0.1) is 11.3 Å². The maximum Gasteiger partial charge on any atom is 0.134 e. The van der Waals surface area contributed by atoms with Gasteiger partial charge in [0.1, 0.15) is 5.82 Å². The van der Waals surface area contributed by atoms with Crippen LogP contribution in [0.4, 0.5) is 0 Å². The molecule has 3 nitrogen and oxygen atoms in total. The van der Waals surface area contributed by atoms with Crippen molar-refractivity contribution in [1.29, 1.82) is 0 Å². The molecule has 1 aliphatic heterocycles. The zero-order valence-electron chi connectivity index (χ0n) is 30.9. The average molecular weight is 744 g/mol.